The molecule has 1 aromatic carbocycles. The molecule has 25 heavy (non-hydrogen) atoms. The molecule has 0 bridgehead atoms. The Kier molecular flexibility index (Phi) is 8.46. The second-order valence-electron chi connectivity index (χ2n) is 7.53. The lowest BCUT2D eigenvalue weighted by molar-refractivity contribution is -0.0509. The van der Waals surface area contributed by atoms with Gasteiger partial charge in [-0.3, -0.25) is 0 Å². The number of aryl methyl sites for hydroxylation is 1. The maximum atomic E-state index is 10.2. The zero-order valence-electron chi connectivity index (χ0n) is 16.0. The minimum Gasteiger partial charge on any atom is -0.508 e. The van der Waals surface area contributed by atoms with Crippen molar-refractivity contribution in [2.75, 3.05) is 0 Å². The second kappa shape index (κ2) is 9.83. The maximum absolute atomic E-state index is 10.2. The van der Waals surface area contributed by atoms with Gasteiger partial charge in [-0.15, -0.1) is 0 Å². The van der Waals surface area contributed by atoms with Crippen LogP contribution in [0.15, 0.2) is 23.8 Å². The highest BCUT2D eigenvalue weighted by atomic mass is 16.3. The molecular formula is C21H34O4. The molecule has 0 heterocycles. The van der Waals surface area contributed by atoms with Gasteiger partial charge in [0.15, 0.2) is 0 Å². The van der Waals surface area contributed by atoms with Gasteiger partial charge in [-0.1, -0.05) is 31.4 Å². The molecule has 0 spiro atoms. The third-order valence-corrected chi connectivity index (χ3v) is 4.61. The molecule has 1 aromatic rings. The molecule has 0 amide bonds. The molecule has 4 N–H and O–H groups in total. The van der Waals surface area contributed by atoms with E-state index in [4.69, 9.17) is 0 Å². The van der Waals surface area contributed by atoms with Gasteiger partial charge in [-0.25, -0.2) is 0 Å². The van der Waals surface area contributed by atoms with Crippen LogP contribution in [0.5, 0.6) is 11.5 Å². The first-order valence-electron chi connectivity index (χ1n) is 9.25. The summed E-state index contributed by atoms with van der Waals surface area (Å²) in [5.41, 5.74) is 1.43. The fourth-order valence-electron chi connectivity index (χ4n) is 2.73. The molecule has 0 saturated heterocycles. The Bertz CT molecular complexity index is 547. The maximum Gasteiger partial charge on any atom is 0.123 e. The van der Waals surface area contributed by atoms with E-state index in [9.17, 15) is 20.4 Å². The van der Waals surface area contributed by atoms with Crippen LogP contribution in [0.25, 0.3) is 0 Å². The predicted octanol–water partition coefficient (Wildman–Crippen LogP) is 4.23. The standard InChI is InChI=1S/C21H34O4/c1-5-6-7-8-16-13-18(22)17(19(23)14-16)11-9-15(2)10-12-20(24)21(3,4)25/h9,13-14,20,22-25H,5-8,10-12H2,1-4H3/b15-9+. The van der Waals surface area contributed by atoms with E-state index in [-0.39, 0.29) is 11.5 Å². The zero-order chi connectivity index (χ0) is 19.0. The summed E-state index contributed by atoms with van der Waals surface area (Å²) >= 11 is 0. The Balaban J connectivity index is 2.66. The molecule has 0 aliphatic rings. The van der Waals surface area contributed by atoms with Gasteiger partial charge in [-0.05, 0) is 70.6 Å². The number of phenolic OH excluding ortho intramolecular Hbond substituents is 2. The summed E-state index contributed by atoms with van der Waals surface area (Å²) in [6.07, 6.45) is 6.93. The van der Waals surface area contributed by atoms with Gasteiger partial charge >= 0.3 is 0 Å². The molecule has 0 radical (unpaired) electrons. The SMILES string of the molecule is CCCCCc1cc(O)c(C/C=C(\C)CCC(O)C(C)(C)O)c(O)c1. The van der Waals surface area contributed by atoms with Crippen molar-refractivity contribution in [2.24, 2.45) is 0 Å². The third-order valence-electron chi connectivity index (χ3n) is 4.61. The Morgan fingerprint density at radius 2 is 1.76 bits per heavy atom. The fourth-order valence-corrected chi connectivity index (χ4v) is 2.73. The van der Waals surface area contributed by atoms with Crippen LogP contribution in [0.2, 0.25) is 0 Å². The van der Waals surface area contributed by atoms with E-state index >= 15 is 0 Å². The molecule has 0 fully saturated rings. The summed E-state index contributed by atoms with van der Waals surface area (Å²) in [4.78, 5) is 0. The lowest BCUT2D eigenvalue weighted by Crippen LogP contribution is -2.35. The van der Waals surface area contributed by atoms with Crippen molar-refractivity contribution >= 4 is 0 Å². The first-order valence-corrected chi connectivity index (χ1v) is 9.25. The number of unbranched alkanes of at least 4 members (excludes halogenated alkanes) is 2. The van der Waals surface area contributed by atoms with Crippen molar-refractivity contribution < 1.29 is 20.4 Å². The topological polar surface area (TPSA) is 80.9 Å². The lowest BCUT2D eigenvalue weighted by atomic mass is 9.95. The van der Waals surface area contributed by atoms with E-state index in [1.807, 2.05) is 13.0 Å². The quantitative estimate of drug-likeness (QED) is 0.376. The normalized spacial score (nSPS) is 13.9. The number of phenols is 2. The van der Waals surface area contributed by atoms with E-state index in [2.05, 4.69) is 6.92 Å². The van der Waals surface area contributed by atoms with Crippen molar-refractivity contribution in [3.8, 4) is 11.5 Å². The minimum absolute atomic E-state index is 0.132. The average molecular weight is 350 g/mol. The largest absolute Gasteiger partial charge is 0.508 e. The highest BCUT2D eigenvalue weighted by molar-refractivity contribution is 5.47. The van der Waals surface area contributed by atoms with E-state index in [1.54, 1.807) is 26.0 Å². The predicted molar refractivity (Wildman–Crippen MR) is 102 cm³/mol. The van der Waals surface area contributed by atoms with Crippen LogP contribution in [0.3, 0.4) is 0 Å². The summed E-state index contributed by atoms with van der Waals surface area (Å²) in [5, 5.41) is 40.0. The Labute approximate surface area is 151 Å². The van der Waals surface area contributed by atoms with E-state index in [1.165, 1.54) is 0 Å². The van der Waals surface area contributed by atoms with Crippen LogP contribution in [0, 0.1) is 0 Å². The van der Waals surface area contributed by atoms with Crippen LogP contribution in [-0.4, -0.2) is 32.1 Å². The number of aliphatic hydroxyl groups excluding tert-OH is 1. The minimum atomic E-state index is -1.11. The molecule has 1 atom stereocenters. The zero-order valence-corrected chi connectivity index (χ0v) is 16.0. The summed E-state index contributed by atoms with van der Waals surface area (Å²) in [5.74, 6) is 0.263. The van der Waals surface area contributed by atoms with E-state index < -0.39 is 11.7 Å². The highest BCUT2D eigenvalue weighted by Crippen LogP contribution is 2.31. The fraction of sp³-hybridized carbons (Fsp3) is 0.619. The molecule has 4 heteroatoms. The number of benzene rings is 1. The van der Waals surface area contributed by atoms with Gasteiger partial charge in [0.1, 0.15) is 11.5 Å². The number of aromatic hydroxyl groups is 2. The Hall–Kier alpha value is -1.52. The van der Waals surface area contributed by atoms with Gasteiger partial charge in [0.25, 0.3) is 0 Å². The van der Waals surface area contributed by atoms with Crippen molar-refractivity contribution in [3.05, 3.63) is 34.9 Å². The average Bonchev–Trinajstić information content (AvgIpc) is 2.51. The Morgan fingerprint density at radius 1 is 1.16 bits per heavy atom. The number of aliphatic hydroxyl groups is 2. The highest BCUT2D eigenvalue weighted by Gasteiger charge is 2.23. The van der Waals surface area contributed by atoms with Crippen LogP contribution < -0.4 is 0 Å². The van der Waals surface area contributed by atoms with Crippen molar-refractivity contribution in [3.63, 3.8) is 0 Å². The molecule has 0 aliphatic carbocycles. The number of rotatable bonds is 10. The molecular weight excluding hydrogens is 316 g/mol. The van der Waals surface area contributed by atoms with Gasteiger partial charge in [0.2, 0.25) is 0 Å². The van der Waals surface area contributed by atoms with Gasteiger partial charge < -0.3 is 20.4 Å². The van der Waals surface area contributed by atoms with E-state index in [0.717, 1.165) is 36.8 Å². The Morgan fingerprint density at radius 3 is 2.28 bits per heavy atom. The molecule has 1 unspecified atom stereocenters. The molecule has 1 rings (SSSR count). The van der Waals surface area contributed by atoms with E-state index in [0.29, 0.717) is 24.8 Å². The van der Waals surface area contributed by atoms with Crippen LogP contribution in [0.4, 0.5) is 0 Å². The summed E-state index contributed by atoms with van der Waals surface area (Å²) in [6.45, 7) is 7.28. The van der Waals surface area contributed by atoms with Gasteiger partial charge in [0, 0.05) is 5.56 Å². The van der Waals surface area contributed by atoms with Crippen molar-refractivity contribution in [2.45, 2.75) is 84.3 Å². The molecule has 0 aliphatic heterocycles. The molecule has 0 aromatic heterocycles. The molecule has 142 valence electrons. The second-order valence-corrected chi connectivity index (χ2v) is 7.53. The van der Waals surface area contributed by atoms with Crippen LogP contribution in [0.1, 0.15) is 70.9 Å². The van der Waals surface area contributed by atoms with Crippen molar-refractivity contribution in [1.29, 1.82) is 0 Å². The number of hydrogen-bond donors (Lipinski definition) is 4. The monoisotopic (exact) mass is 350 g/mol. The number of hydrogen-bond acceptors (Lipinski definition) is 4. The third kappa shape index (κ3) is 7.49. The summed E-state index contributed by atoms with van der Waals surface area (Å²) in [7, 11) is 0. The van der Waals surface area contributed by atoms with Crippen LogP contribution >= 0.6 is 0 Å². The summed E-state index contributed by atoms with van der Waals surface area (Å²) in [6, 6.07) is 3.48. The van der Waals surface area contributed by atoms with Gasteiger partial charge in [0.05, 0.1) is 11.7 Å². The van der Waals surface area contributed by atoms with Crippen LogP contribution in [-0.2, 0) is 12.8 Å². The first kappa shape index (κ1) is 21.5. The number of allylic oxidation sites excluding steroid dienone is 2. The lowest BCUT2D eigenvalue weighted by Gasteiger charge is -2.24. The first-order chi connectivity index (χ1) is 11.6. The van der Waals surface area contributed by atoms with Crippen molar-refractivity contribution in [1.82, 2.24) is 0 Å². The molecule has 4 nitrogen and oxygen atoms in total. The molecule has 0 saturated carbocycles. The summed E-state index contributed by atoms with van der Waals surface area (Å²) < 4.78 is 0. The smallest absolute Gasteiger partial charge is 0.123 e. The van der Waals surface area contributed by atoms with Gasteiger partial charge in [-0.2, -0.15) is 0 Å².